The van der Waals surface area contributed by atoms with E-state index in [4.69, 9.17) is 0 Å². The van der Waals surface area contributed by atoms with Crippen LogP contribution >= 0.6 is 0 Å². The predicted molar refractivity (Wildman–Crippen MR) is 73.1 cm³/mol. The van der Waals surface area contributed by atoms with Gasteiger partial charge in [0.2, 0.25) is 0 Å². The Labute approximate surface area is 105 Å². The maximum Gasteiger partial charge on any atom is 0.0315 e. The lowest BCUT2D eigenvalue weighted by molar-refractivity contribution is 0.298. The highest BCUT2D eigenvalue weighted by Gasteiger charge is 1.99. The Hall–Kier alpha value is -0.930. The van der Waals surface area contributed by atoms with Crippen LogP contribution in [0.2, 0.25) is 0 Å². The molecule has 0 aliphatic heterocycles. The molecule has 0 fully saturated rings. The van der Waals surface area contributed by atoms with E-state index in [-0.39, 0.29) is 0 Å². The molecule has 0 bridgehead atoms. The van der Waals surface area contributed by atoms with Gasteiger partial charge in [-0.15, -0.1) is 0 Å². The Kier molecular flexibility index (Phi) is 6.82. The summed E-state index contributed by atoms with van der Waals surface area (Å²) in [6.45, 7) is 12.1. The molecule has 0 unspecified atom stereocenters. The van der Waals surface area contributed by atoms with Gasteiger partial charge in [-0.3, -0.25) is 4.98 Å². The molecule has 0 amide bonds. The molecular weight excluding hydrogens is 210 g/mol. The van der Waals surface area contributed by atoms with Crippen molar-refractivity contribution >= 4 is 0 Å². The minimum Gasteiger partial charge on any atom is -0.313 e. The third-order valence-corrected chi connectivity index (χ3v) is 3.19. The van der Waals surface area contributed by atoms with Gasteiger partial charge in [-0.05, 0) is 56.7 Å². The average molecular weight is 235 g/mol. The van der Waals surface area contributed by atoms with Crippen molar-refractivity contribution in [1.29, 1.82) is 0 Å². The highest BCUT2D eigenvalue weighted by molar-refractivity contribution is 5.20. The lowest BCUT2D eigenvalue weighted by Crippen LogP contribution is -2.27. The third kappa shape index (κ3) is 5.29. The van der Waals surface area contributed by atoms with Crippen molar-refractivity contribution in [2.75, 3.05) is 26.2 Å². The number of pyridine rings is 1. The fraction of sp³-hybridized carbons (Fsp3) is 0.643. The normalized spacial score (nSPS) is 11.1. The van der Waals surface area contributed by atoms with Gasteiger partial charge in [0.15, 0.2) is 0 Å². The molecule has 0 saturated carbocycles. The molecule has 0 aliphatic rings. The Morgan fingerprint density at radius 3 is 2.71 bits per heavy atom. The van der Waals surface area contributed by atoms with Crippen LogP contribution in [-0.4, -0.2) is 36.1 Å². The van der Waals surface area contributed by atoms with Gasteiger partial charge < -0.3 is 10.2 Å². The number of hydrogen-bond donors (Lipinski definition) is 1. The quantitative estimate of drug-likeness (QED) is 0.700. The Balaban J connectivity index is 2.14. The van der Waals surface area contributed by atoms with Gasteiger partial charge in [-0.2, -0.15) is 0 Å². The first-order valence-corrected chi connectivity index (χ1v) is 6.60. The summed E-state index contributed by atoms with van der Waals surface area (Å²) in [7, 11) is 0. The predicted octanol–water partition coefficient (Wildman–Crippen LogP) is 2.21. The summed E-state index contributed by atoms with van der Waals surface area (Å²) in [6, 6.07) is 2.06. The minimum atomic E-state index is 0.928. The summed E-state index contributed by atoms with van der Waals surface area (Å²) < 4.78 is 0. The number of aromatic nitrogens is 1. The number of aryl methyl sites for hydroxylation is 1. The smallest absolute Gasteiger partial charge is 0.0315 e. The van der Waals surface area contributed by atoms with E-state index in [1.807, 2.05) is 12.4 Å². The molecule has 1 aromatic rings. The van der Waals surface area contributed by atoms with Gasteiger partial charge in [0, 0.05) is 18.9 Å². The van der Waals surface area contributed by atoms with E-state index in [0.29, 0.717) is 0 Å². The second-order valence-corrected chi connectivity index (χ2v) is 4.36. The lowest BCUT2D eigenvalue weighted by atomic mass is 10.1. The zero-order chi connectivity index (χ0) is 12.5. The van der Waals surface area contributed by atoms with Crippen LogP contribution in [0.4, 0.5) is 0 Å². The molecule has 1 heterocycles. The van der Waals surface area contributed by atoms with Crippen LogP contribution in [0.1, 0.15) is 31.4 Å². The molecule has 0 radical (unpaired) electrons. The van der Waals surface area contributed by atoms with E-state index in [2.05, 4.69) is 42.0 Å². The van der Waals surface area contributed by atoms with Gasteiger partial charge in [-0.25, -0.2) is 0 Å². The van der Waals surface area contributed by atoms with Gasteiger partial charge in [0.1, 0.15) is 0 Å². The van der Waals surface area contributed by atoms with Crippen LogP contribution in [0.5, 0.6) is 0 Å². The van der Waals surface area contributed by atoms with E-state index in [1.54, 1.807) is 0 Å². The average Bonchev–Trinajstić information content (AvgIpc) is 2.36. The first-order valence-electron chi connectivity index (χ1n) is 6.60. The number of nitrogens with one attached hydrogen (secondary N) is 1. The standard InChI is InChI=1S/C14H25N3/c1-4-17(5-2)10-6-8-15-11-14-12-16-9-7-13(14)3/h7,9,12,15H,4-6,8,10-11H2,1-3H3. The molecule has 0 aromatic carbocycles. The molecule has 1 N–H and O–H groups in total. The van der Waals surface area contributed by atoms with E-state index < -0.39 is 0 Å². The van der Waals surface area contributed by atoms with E-state index in [0.717, 1.165) is 26.2 Å². The van der Waals surface area contributed by atoms with Crippen molar-refractivity contribution in [1.82, 2.24) is 15.2 Å². The largest absolute Gasteiger partial charge is 0.313 e. The summed E-state index contributed by atoms with van der Waals surface area (Å²) in [5.74, 6) is 0. The molecule has 0 saturated heterocycles. The summed E-state index contributed by atoms with van der Waals surface area (Å²) in [5, 5.41) is 3.48. The number of rotatable bonds is 8. The zero-order valence-electron chi connectivity index (χ0n) is 11.4. The van der Waals surface area contributed by atoms with Crippen LogP contribution in [0.3, 0.4) is 0 Å². The molecule has 0 atom stereocenters. The van der Waals surface area contributed by atoms with Crippen LogP contribution in [0, 0.1) is 6.92 Å². The topological polar surface area (TPSA) is 28.2 Å². The van der Waals surface area contributed by atoms with E-state index in [9.17, 15) is 0 Å². The van der Waals surface area contributed by atoms with Crippen LogP contribution < -0.4 is 5.32 Å². The highest BCUT2D eigenvalue weighted by Crippen LogP contribution is 2.03. The Morgan fingerprint density at radius 1 is 1.29 bits per heavy atom. The van der Waals surface area contributed by atoms with Crippen molar-refractivity contribution in [3.63, 3.8) is 0 Å². The maximum absolute atomic E-state index is 4.15. The molecule has 3 nitrogen and oxygen atoms in total. The van der Waals surface area contributed by atoms with Crippen LogP contribution in [0.25, 0.3) is 0 Å². The van der Waals surface area contributed by atoms with E-state index in [1.165, 1.54) is 24.1 Å². The van der Waals surface area contributed by atoms with Gasteiger partial charge in [-0.1, -0.05) is 13.8 Å². The second-order valence-electron chi connectivity index (χ2n) is 4.36. The van der Waals surface area contributed by atoms with Crippen molar-refractivity contribution in [3.05, 3.63) is 29.6 Å². The molecule has 1 rings (SSSR count). The third-order valence-electron chi connectivity index (χ3n) is 3.19. The van der Waals surface area contributed by atoms with Crippen LogP contribution in [0.15, 0.2) is 18.5 Å². The molecule has 3 heteroatoms. The van der Waals surface area contributed by atoms with Gasteiger partial charge >= 0.3 is 0 Å². The summed E-state index contributed by atoms with van der Waals surface area (Å²) in [5.41, 5.74) is 2.62. The lowest BCUT2D eigenvalue weighted by Gasteiger charge is -2.17. The molecular formula is C14H25N3. The maximum atomic E-state index is 4.15. The first kappa shape index (κ1) is 14.1. The molecule has 96 valence electrons. The number of hydrogen-bond acceptors (Lipinski definition) is 3. The second kappa shape index (κ2) is 8.20. The van der Waals surface area contributed by atoms with Crippen molar-refractivity contribution in [3.8, 4) is 0 Å². The Bertz CT molecular complexity index is 308. The highest BCUT2D eigenvalue weighted by atomic mass is 15.1. The number of nitrogens with zero attached hydrogens (tertiary/aromatic N) is 2. The fourth-order valence-corrected chi connectivity index (χ4v) is 1.87. The summed E-state index contributed by atoms with van der Waals surface area (Å²) in [6.07, 6.45) is 5.01. The molecule has 1 aromatic heterocycles. The SMILES string of the molecule is CCN(CC)CCCNCc1cnccc1C. The van der Waals surface area contributed by atoms with Crippen molar-refractivity contribution in [2.45, 2.75) is 33.7 Å². The molecule has 17 heavy (non-hydrogen) atoms. The first-order chi connectivity index (χ1) is 8.27. The van der Waals surface area contributed by atoms with Gasteiger partial charge in [0.25, 0.3) is 0 Å². The zero-order valence-corrected chi connectivity index (χ0v) is 11.4. The Morgan fingerprint density at radius 2 is 2.06 bits per heavy atom. The minimum absolute atomic E-state index is 0.928. The van der Waals surface area contributed by atoms with Crippen LogP contribution in [-0.2, 0) is 6.54 Å². The summed E-state index contributed by atoms with van der Waals surface area (Å²) in [4.78, 5) is 6.61. The summed E-state index contributed by atoms with van der Waals surface area (Å²) >= 11 is 0. The van der Waals surface area contributed by atoms with Crippen molar-refractivity contribution < 1.29 is 0 Å². The monoisotopic (exact) mass is 235 g/mol. The molecule has 0 aliphatic carbocycles. The fourth-order valence-electron chi connectivity index (χ4n) is 1.87. The van der Waals surface area contributed by atoms with Gasteiger partial charge in [0.05, 0.1) is 0 Å². The van der Waals surface area contributed by atoms with Crippen molar-refractivity contribution in [2.24, 2.45) is 0 Å². The van der Waals surface area contributed by atoms with E-state index >= 15 is 0 Å². The molecule has 0 spiro atoms.